The molecule has 0 unspecified atom stereocenters. The Bertz CT molecular complexity index is 1160. The number of carbonyl (C=O) groups excluding carboxylic acids is 2. The smallest absolute Gasteiger partial charge is 0.288 e. The number of hydrogen-bond donors (Lipinski definition) is 2. The molecular weight excluding hydrogens is 572 g/mol. The summed E-state index contributed by atoms with van der Waals surface area (Å²) in [5.41, 5.74) is 7.51. The van der Waals surface area contributed by atoms with Crippen molar-refractivity contribution < 1.29 is 14.3 Å². The molecule has 0 bridgehead atoms. The third-order valence-electron chi connectivity index (χ3n) is 8.37. The van der Waals surface area contributed by atoms with E-state index >= 15 is 0 Å². The zero-order valence-electron chi connectivity index (χ0n) is 24.5. The van der Waals surface area contributed by atoms with Gasteiger partial charge in [-0.25, -0.2) is 4.99 Å². The van der Waals surface area contributed by atoms with Gasteiger partial charge in [-0.05, 0) is 69.3 Å². The van der Waals surface area contributed by atoms with Gasteiger partial charge < -0.3 is 30.5 Å². The number of amidine groups is 1. The maximum atomic E-state index is 13.6. The van der Waals surface area contributed by atoms with Crippen LogP contribution in [0.5, 0.6) is 0 Å². The number of halogens is 1. The Morgan fingerprint density at radius 2 is 1.86 bits per heavy atom. The molecule has 2 amide bonds. The lowest BCUT2D eigenvalue weighted by atomic mass is 10.0. The van der Waals surface area contributed by atoms with Crippen molar-refractivity contribution in [2.75, 3.05) is 39.3 Å². The fraction of sp³-hybridized carbons (Fsp3) is 0.581. The van der Waals surface area contributed by atoms with Gasteiger partial charge in [0.15, 0.2) is 0 Å². The van der Waals surface area contributed by atoms with Crippen molar-refractivity contribution in [3.63, 3.8) is 0 Å². The number of hydrogen-bond acceptors (Lipinski definition) is 8. The van der Waals surface area contributed by atoms with Crippen molar-refractivity contribution in [3.05, 3.63) is 58.3 Å². The van der Waals surface area contributed by atoms with E-state index < -0.39 is 12.1 Å². The SMILES string of the molecule is C[C@@H]1N=C(N2CCN(C(=O)[C@H](N)CCCCN3CCCCC3)[C@H](C(=O)NCc3cccs3)C2)O[C@H]1c1ccccc1.Cl. The minimum atomic E-state index is -0.673. The van der Waals surface area contributed by atoms with Crippen LogP contribution in [0.2, 0.25) is 0 Å². The van der Waals surface area contributed by atoms with Crippen molar-refractivity contribution in [2.45, 2.75) is 76.2 Å². The van der Waals surface area contributed by atoms with Crippen LogP contribution in [0.4, 0.5) is 0 Å². The summed E-state index contributed by atoms with van der Waals surface area (Å²) >= 11 is 1.60. The highest BCUT2D eigenvalue weighted by molar-refractivity contribution is 7.09. The molecule has 0 radical (unpaired) electrons. The van der Waals surface area contributed by atoms with Gasteiger partial charge in [0.1, 0.15) is 12.1 Å². The Hall–Kier alpha value is -2.66. The number of aliphatic imine (C=N–C) groups is 1. The van der Waals surface area contributed by atoms with E-state index in [9.17, 15) is 9.59 Å². The summed E-state index contributed by atoms with van der Waals surface area (Å²) in [4.78, 5) is 39.2. The summed E-state index contributed by atoms with van der Waals surface area (Å²) in [6.45, 7) is 7.14. The first kappa shape index (κ1) is 32.3. The van der Waals surface area contributed by atoms with Gasteiger partial charge in [0.2, 0.25) is 11.8 Å². The number of unbranched alkanes of at least 4 members (excludes halogenated alkanes) is 1. The number of nitrogens with zero attached hydrogens (tertiary/aromatic N) is 4. The number of thiophene rings is 1. The van der Waals surface area contributed by atoms with E-state index in [-0.39, 0.29) is 36.4 Å². The van der Waals surface area contributed by atoms with Gasteiger partial charge in [-0.3, -0.25) is 9.59 Å². The highest BCUT2D eigenvalue weighted by atomic mass is 35.5. The molecule has 3 aliphatic heterocycles. The molecule has 2 fully saturated rings. The lowest BCUT2D eigenvalue weighted by Crippen LogP contribution is -2.63. The number of carbonyl (C=O) groups is 2. The van der Waals surface area contributed by atoms with E-state index in [0.29, 0.717) is 38.6 Å². The first-order chi connectivity index (χ1) is 20.0. The molecule has 3 N–H and O–H groups in total. The van der Waals surface area contributed by atoms with Crippen molar-refractivity contribution >= 4 is 41.6 Å². The molecule has 42 heavy (non-hydrogen) atoms. The number of piperazine rings is 1. The lowest BCUT2D eigenvalue weighted by molar-refractivity contribution is -0.144. The van der Waals surface area contributed by atoms with Crippen LogP contribution in [-0.4, -0.2) is 89.9 Å². The second-order valence-corrected chi connectivity index (χ2v) is 12.4. The minimum absolute atomic E-state index is 0. The molecule has 0 spiro atoms. The predicted molar refractivity (Wildman–Crippen MR) is 170 cm³/mol. The number of likely N-dealkylation sites (tertiary alicyclic amines) is 1. The molecule has 2 aromatic rings. The number of amides is 2. The van der Waals surface area contributed by atoms with Crippen molar-refractivity contribution in [2.24, 2.45) is 10.7 Å². The maximum Gasteiger partial charge on any atom is 0.288 e. The molecule has 0 aliphatic carbocycles. The molecule has 1 aromatic heterocycles. The summed E-state index contributed by atoms with van der Waals surface area (Å²) in [7, 11) is 0. The molecule has 4 heterocycles. The van der Waals surface area contributed by atoms with Crippen molar-refractivity contribution in [3.8, 4) is 0 Å². The van der Waals surface area contributed by atoms with E-state index in [4.69, 9.17) is 15.5 Å². The molecule has 230 valence electrons. The molecule has 0 saturated carbocycles. The molecule has 1 aromatic carbocycles. The van der Waals surface area contributed by atoms with Gasteiger partial charge in [0.25, 0.3) is 6.02 Å². The highest BCUT2D eigenvalue weighted by Gasteiger charge is 2.40. The Morgan fingerprint density at radius 1 is 1.07 bits per heavy atom. The minimum Gasteiger partial charge on any atom is -0.455 e. The molecule has 4 atom stereocenters. The van der Waals surface area contributed by atoms with E-state index in [2.05, 4.69) is 10.2 Å². The van der Waals surface area contributed by atoms with Gasteiger partial charge in [-0.2, -0.15) is 0 Å². The monoisotopic (exact) mass is 616 g/mol. The van der Waals surface area contributed by atoms with Gasteiger partial charge in [0.05, 0.1) is 25.2 Å². The summed E-state index contributed by atoms with van der Waals surface area (Å²) in [6.07, 6.45) is 6.29. The number of ether oxygens (including phenoxy) is 1. The zero-order chi connectivity index (χ0) is 28.6. The second kappa shape index (κ2) is 15.7. The van der Waals surface area contributed by atoms with Crippen molar-refractivity contribution in [1.82, 2.24) is 20.0 Å². The third kappa shape index (κ3) is 8.24. The molecular formula is C31H45ClN6O3S. The van der Waals surface area contributed by atoms with Crippen LogP contribution in [0.3, 0.4) is 0 Å². The largest absolute Gasteiger partial charge is 0.455 e. The topological polar surface area (TPSA) is 103 Å². The van der Waals surface area contributed by atoms with E-state index in [1.807, 2.05) is 59.7 Å². The van der Waals surface area contributed by atoms with Crippen LogP contribution < -0.4 is 11.1 Å². The fourth-order valence-electron chi connectivity index (χ4n) is 6.00. The molecule has 5 rings (SSSR count). The number of nitrogens with one attached hydrogen (secondary N) is 1. The Kier molecular flexibility index (Phi) is 12.1. The second-order valence-electron chi connectivity index (χ2n) is 11.4. The molecule has 3 aliphatic rings. The van der Waals surface area contributed by atoms with Gasteiger partial charge >= 0.3 is 0 Å². The van der Waals surface area contributed by atoms with E-state index in [1.54, 1.807) is 16.2 Å². The lowest BCUT2D eigenvalue weighted by Gasteiger charge is -2.41. The predicted octanol–water partition coefficient (Wildman–Crippen LogP) is 3.80. The number of benzene rings is 1. The quantitative estimate of drug-likeness (QED) is 0.394. The number of rotatable bonds is 10. The van der Waals surface area contributed by atoms with E-state index in [0.717, 1.165) is 29.8 Å². The standard InChI is InChI=1S/C31H44N6O3S.ClH/c1-23-28(24-11-4-2-5-12-24)40-31(34-23)36-18-19-37(27(22-36)29(38)33-21-25-13-10-20-41-25)30(39)26(32)14-6-9-17-35-15-7-3-8-16-35;/h2,4-5,10-13,20,23,26-28H,3,6-9,14-19,21-22,32H2,1H3,(H,33,38);1H/t23-,26+,27-,28+;/m0./s1. The summed E-state index contributed by atoms with van der Waals surface area (Å²) in [5, 5.41) is 5.04. The highest BCUT2D eigenvalue weighted by Crippen LogP contribution is 2.30. The Balaban J connectivity index is 0.00000405. The van der Waals surface area contributed by atoms with Crippen LogP contribution in [0, 0.1) is 0 Å². The first-order valence-electron chi connectivity index (χ1n) is 15.1. The third-order valence-corrected chi connectivity index (χ3v) is 9.25. The maximum absolute atomic E-state index is 13.6. The summed E-state index contributed by atoms with van der Waals surface area (Å²) < 4.78 is 6.32. The summed E-state index contributed by atoms with van der Waals surface area (Å²) in [5.74, 6) is -0.330. The zero-order valence-corrected chi connectivity index (χ0v) is 26.2. The van der Waals surface area contributed by atoms with Gasteiger partial charge in [-0.15, -0.1) is 23.7 Å². The number of piperidine rings is 1. The van der Waals surface area contributed by atoms with Crippen LogP contribution in [0.15, 0.2) is 52.8 Å². The summed E-state index contributed by atoms with van der Waals surface area (Å²) in [6, 6.07) is 13.2. The van der Waals surface area contributed by atoms with Crippen LogP contribution in [0.25, 0.3) is 0 Å². The first-order valence-corrected chi connectivity index (χ1v) is 16.0. The van der Waals surface area contributed by atoms with Crippen LogP contribution in [0.1, 0.15) is 62.0 Å². The molecule has 9 nitrogen and oxygen atoms in total. The van der Waals surface area contributed by atoms with Gasteiger partial charge in [0, 0.05) is 18.0 Å². The Labute approximate surface area is 259 Å². The molecule has 2 saturated heterocycles. The fourth-order valence-corrected chi connectivity index (χ4v) is 6.64. The molecule has 11 heteroatoms. The van der Waals surface area contributed by atoms with Crippen LogP contribution >= 0.6 is 23.7 Å². The normalized spacial score (nSPS) is 23.5. The van der Waals surface area contributed by atoms with E-state index in [1.165, 1.54) is 32.4 Å². The average molecular weight is 617 g/mol. The van der Waals surface area contributed by atoms with Gasteiger partial charge in [-0.1, -0.05) is 49.2 Å². The van der Waals surface area contributed by atoms with Crippen molar-refractivity contribution in [1.29, 1.82) is 0 Å². The van der Waals surface area contributed by atoms with Crippen LogP contribution in [-0.2, 0) is 20.9 Å². The Morgan fingerprint density at radius 3 is 2.60 bits per heavy atom. The average Bonchev–Trinajstić information content (AvgIpc) is 3.68. The number of nitrogens with two attached hydrogens (primary N) is 1.